The van der Waals surface area contributed by atoms with E-state index in [-0.39, 0.29) is 11.7 Å². The summed E-state index contributed by atoms with van der Waals surface area (Å²) in [6.07, 6.45) is 1.78. The summed E-state index contributed by atoms with van der Waals surface area (Å²) in [5.41, 5.74) is 1.93. The third-order valence-corrected chi connectivity index (χ3v) is 3.58. The van der Waals surface area contributed by atoms with Crippen LogP contribution in [0, 0.1) is 23.7 Å². The Balaban J connectivity index is 2.25. The Morgan fingerprint density at radius 3 is 2.59 bits per heavy atom. The van der Waals surface area contributed by atoms with Crippen molar-refractivity contribution in [2.75, 3.05) is 0 Å². The van der Waals surface area contributed by atoms with Gasteiger partial charge in [-0.05, 0) is 31.7 Å². The van der Waals surface area contributed by atoms with Crippen molar-refractivity contribution >= 4 is 5.78 Å². The molecule has 0 amide bonds. The molecule has 0 radical (unpaired) electrons. The fraction of sp³-hybridized carbons (Fsp3) is 0.467. The number of Topliss-reactive ketones (excluding diaryl/α,β-unsaturated/α-hetero) is 1. The molecule has 88 valence electrons. The van der Waals surface area contributed by atoms with Crippen molar-refractivity contribution in [3.8, 4) is 6.07 Å². The van der Waals surface area contributed by atoms with Gasteiger partial charge in [0.2, 0.25) is 0 Å². The number of carbonyl (C=O) groups is 1. The van der Waals surface area contributed by atoms with Crippen LogP contribution in [-0.2, 0) is 4.79 Å². The maximum absolute atomic E-state index is 11.7. The minimum absolute atomic E-state index is 0.210. The van der Waals surface area contributed by atoms with Gasteiger partial charge in [0, 0.05) is 12.8 Å². The van der Waals surface area contributed by atoms with Gasteiger partial charge in [-0.25, -0.2) is 0 Å². The van der Waals surface area contributed by atoms with Crippen molar-refractivity contribution in [3.63, 3.8) is 0 Å². The Labute approximate surface area is 102 Å². The maximum atomic E-state index is 11.7. The van der Waals surface area contributed by atoms with Crippen molar-refractivity contribution in [3.05, 3.63) is 35.4 Å². The zero-order chi connectivity index (χ0) is 12.5. The average Bonchev–Trinajstić information content (AvgIpc) is 2.29. The molecule has 1 aliphatic carbocycles. The molecule has 0 saturated heterocycles. The zero-order valence-electron chi connectivity index (χ0n) is 10.4. The predicted octanol–water partition coefficient (Wildman–Crippen LogP) is 3.36. The minimum atomic E-state index is -0.481. The molecular formula is C15H17NO. The van der Waals surface area contributed by atoms with Crippen LogP contribution in [0.25, 0.3) is 0 Å². The van der Waals surface area contributed by atoms with E-state index in [2.05, 4.69) is 37.3 Å². The Morgan fingerprint density at radius 1 is 1.35 bits per heavy atom. The highest BCUT2D eigenvalue weighted by molar-refractivity contribution is 5.81. The topological polar surface area (TPSA) is 40.9 Å². The first-order valence-electron chi connectivity index (χ1n) is 6.02. The number of carbonyl (C=O) groups excluding carboxylic acids is 1. The first kappa shape index (κ1) is 11.9. The Bertz CT molecular complexity index is 469. The number of benzene rings is 1. The molecular weight excluding hydrogens is 210 g/mol. The lowest BCUT2D eigenvalue weighted by atomic mass is 9.69. The Kier molecular flexibility index (Phi) is 3.02. The summed E-state index contributed by atoms with van der Waals surface area (Å²) in [6, 6.07) is 10.6. The summed E-state index contributed by atoms with van der Waals surface area (Å²) in [6.45, 7) is 3.94. The molecule has 1 aliphatic rings. The number of rotatable bonds is 1. The lowest BCUT2D eigenvalue weighted by Gasteiger charge is -2.32. The highest BCUT2D eigenvalue weighted by Crippen LogP contribution is 2.41. The number of ketones is 1. The van der Waals surface area contributed by atoms with Gasteiger partial charge in [0.05, 0.1) is 11.5 Å². The molecule has 2 rings (SSSR count). The van der Waals surface area contributed by atoms with Crippen LogP contribution >= 0.6 is 0 Å². The molecule has 2 unspecified atom stereocenters. The number of aryl methyl sites for hydroxylation is 1. The first-order chi connectivity index (χ1) is 8.02. The van der Waals surface area contributed by atoms with Crippen LogP contribution in [0.1, 0.15) is 43.2 Å². The van der Waals surface area contributed by atoms with E-state index in [1.165, 1.54) is 11.1 Å². The molecule has 0 heterocycles. The average molecular weight is 227 g/mol. The number of hydrogen-bond donors (Lipinski definition) is 0. The predicted molar refractivity (Wildman–Crippen MR) is 66.5 cm³/mol. The molecule has 1 fully saturated rings. The van der Waals surface area contributed by atoms with Crippen molar-refractivity contribution in [2.24, 2.45) is 5.41 Å². The highest BCUT2D eigenvalue weighted by atomic mass is 16.1. The Hall–Kier alpha value is -1.62. The summed E-state index contributed by atoms with van der Waals surface area (Å²) in [5.74, 6) is 0.423. The van der Waals surface area contributed by atoms with Gasteiger partial charge in [-0.1, -0.05) is 29.8 Å². The van der Waals surface area contributed by atoms with Gasteiger partial charge >= 0.3 is 0 Å². The monoisotopic (exact) mass is 227 g/mol. The van der Waals surface area contributed by atoms with E-state index >= 15 is 0 Å². The molecule has 0 aliphatic heterocycles. The van der Waals surface area contributed by atoms with Crippen LogP contribution in [0.15, 0.2) is 24.3 Å². The number of hydrogen-bond acceptors (Lipinski definition) is 2. The molecule has 1 saturated carbocycles. The summed E-state index contributed by atoms with van der Waals surface area (Å²) in [5, 5.41) is 9.17. The van der Waals surface area contributed by atoms with Gasteiger partial charge in [-0.3, -0.25) is 4.79 Å². The van der Waals surface area contributed by atoms with Gasteiger partial charge in [-0.15, -0.1) is 0 Å². The molecule has 0 N–H and O–H groups in total. The van der Waals surface area contributed by atoms with E-state index in [1.807, 2.05) is 6.92 Å². The molecule has 0 aromatic heterocycles. The summed E-state index contributed by atoms with van der Waals surface area (Å²) < 4.78 is 0. The van der Waals surface area contributed by atoms with Gasteiger partial charge in [-0.2, -0.15) is 5.26 Å². The molecule has 2 nitrogen and oxygen atoms in total. The second kappa shape index (κ2) is 4.33. The van der Waals surface area contributed by atoms with Crippen LogP contribution in [0.5, 0.6) is 0 Å². The van der Waals surface area contributed by atoms with E-state index in [1.54, 1.807) is 0 Å². The minimum Gasteiger partial charge on any atom is -0.300 e. The molecule has 1 aromatic carbocycles. The third kappa shape index (κ3) is 2.55. The summed E-state index contributed by atoms with van der Waals surface area (Å²) in [7, 11) is 0. The molecule has 2 heteroatoms. The lowest BCUT2D eigenvalue weighted by molar-refractivity contribution is -0.122. The first-order valence-corrected chi connectivity index (χ1v) is 6.02. The van der Waals surface area contributed by atoms with Gasteiger partial charge in [0.25, 0.3) is 0 Å². The number of nitrogens with zero attached hydrogens (tertiary/aromatic N) is 1. The molecule has 1 aromatic rings. The van der Waals surface area contributed by atoms with Gasteiger partial charge < -0.3 is 0 Å². The van der Waals surface area contributed by atoms with Crippen molar-refractivity contribution in [1.82, 2.24) is 0 Å². The maximum Gasteiger partial charge on any atom is 0.135 e. The molecule has 17 heavy (non-hydrogen) atoms. The van der Waals surface area contributed by atoms with E-state index in [0.717, 1.165) is 6.42 Å². The second-order valence-corrected chi connectivity index (χ2v) is 5.40. The smallest absolute Gasteiger partial charge is 0.135 e. The second-order valence-electron chi connectivity index (χ2n) is 5.40. The normalized spacial score (nSPS) is 28.8. The van der Waals surface area contributed by atoms with Crippen LogP contribution in [0.3, 0.4) is 0 Å². The summed E-state index contributed by atoms with van der Waals surface area (Å²) in [4.78, 5) is 11.7. The molecule has 0 bridgehead atoms. The van der Waals surface area contributed by atoms with E-state index in [9.17, 15) is 10.1 Å². The van der Waals surface area contributed by atoms with Crippen molar-refractivity contribution < 1.29 is 4.79 Å². The van der Waals surface area contributed by atoms with Crippen LogP contribution in [0.2, 0.25) is 0 Å². The SMILES string of the molecule is Cc1ccc(C2CC(=O)CC(C)(C#N)C2)cc1. The molecule has 2 atom stereocenters. The van der Waals surface area contributed by atoms with Gasteiger partial charge in [0.1, 0.15) is 5.78 Å². The van der Waals surface area contributed by atoms with Crippen LogP contribution in [-0.4, -0.2) is 5.78 Å². The summed E-state index contributed by atoms with van der Waals surface area (Å²) >= 11 is 0. The van der Waals surface area contributed by atoms with Crippen LogP contribution < -0.4 is 0 Å². The van der Waals surface area contributed by atoms with Crippen molar-refractivity contribution in [1.29, 1.82) is 5.26 Å². The standard InChI is InChI=1S/C15H17NO/c1-11-3-5-12(6-4-11)13-7-14(17)9-15(2,8-13)10-16/h3-6,13H,7-9H2,1-2H3. The van der Waals surface area contributed by atoms with E-state index in [0.29, 0.717) is 12.8 Å². The van der Waals surface area contributed by atoms with Crippen LogP contribution in [0.4, 0.5) is 0 Å². The van der Waals surface area contributed by atoms with Crippen molar-refractivity contribution in [2.45, 2.75) is 39.0 Å². The fourth-order valence-electron chi connectivity index (χ4n) is 2.63. The molecule has 0 spiro atoms. The Morgan fingerprint density at radius 2 is 2.00 bits per heavy atom. The largest absolute Gasteiger partial charge is 0.300 e. The number of nitriles is 1. The lowest BCUT2D eigenvalue weighted by Crippen LogP contribution is -2.29. The van der Waals surface area contributed by atoms with E-state index < -0.39 is 5.41 Å². The quantitative estimate of drug-likeness (QED) is 0.738. The van der Waals surface area contributed by atoms with Gasteiger partial charge in [0.15, 0.2) is 0 Å². The van der Waals surface area contributed by atoms with E-state index in [4.69, 9.17) is 0 Å². The highest BCUT2D eigenvalue weighted by Gasteiger charge is 2.37. The third-order valence-electron chi connectivity index (χ3n) is 3.58. The zero-order valence-corrected chi connectivity index (χ0v) is 10.4. The fourth-order valence-corrected chi connectivity index (χ4v) is 2.63.